The first-order valence-corrected chi connectivity index (χ1v) is 13.6. The number of Topliss-reactive ketones (excluding diaryl/α,β-unsaturated/α-hetero) is 1. The minimum atomic E-state index is -2.68. The number of aliphatic hydroxyl groups is 1. The van der Waals surface area contributed by atoms with Crippen molar-refractivity contribution in [3.05, 3.63) is 132 Å². The second-order valence-corrected chi connectivity index (χ2v) is 11.3. The molecular weight excluding hydrogens is 467 g/mol. The third-order valence-corrected chi connectivity index (χ3v) is 9.77. The fourth-order valence-electron chi connectivity index (χ4n) is 4.16. The number of benzene rings is 4. The maximum Gasteiger partial charge on any atom is 0.345 e. The normalized spacial score (nSPS) is 11.8. The predicted molar refractivity (Wildman–Crippen MR) is 149 cm³/mol. The number of esters is 1. The molecule has 4 aromatic rings. The molecule has 1 N–H and O–H groups in total. The van der Waals surface area contributed by atoms with E-state index in [1.54, 1.807) is 43.1 Å². The highest BCUT2D eigenvalue weighted by molar-refractivity contribution is 7.95. The summed E-state index contributed by atoms with van der Waals surface area (Å²) in [7, 11) is 0. The molecular formula is C31H27O4P. The Kier molecular flexibility index (Phi) is 7.99. The molecule has 4 aromatic carbocycles. The van der Waals surface area contributed by atoms with Crippen LogP contribution in [0.25, 0.3) is 5.76 Å². The number of carbonyl (C=O) groups excluding carboxylic acids is 2. The van der Waals surface area contributed by atoms with Crippen molar-refractivity contribution >= 4 is 46.1 Å². The van der Waals surface area contributed by atoms with Crippen molar-refractivity contribution in [1.29, 1.82) is 0 Å². The lowest BCUT2D eigenvalue weighted by atomic mass is 10.1. The van der Waals surface area contributed by atoms with Gasteiger partial charge in [-0.3, -0.25) is 4.79 Å². The van der Waals surface area contributed by atoms with E-state index in [4.69, 9.17) is 4.74 Å². The maximum atomic E-state index is 14.1. The number of ether oxygens (including phenoxy) is 1. The van der Waals surface area contributed by atoms with Gasteiger partial charge in [0.1, 0.15) is 11.3 Å². The van der Waals surface area contributed by atoms with E-state index in [1.807, 2.05) is 91.0 Å². The molecule has 0 heterocycles. The number of carbonyl (C=O) groups is 2. The molecule has 4 rings (SSSR count). The van der Waals surface area contributed by atoms with Crippen LogP contribution in [0.5, 0.6) is 0 Å². The Labute approximate surface area is 211 Å². The molecule has 180 valence electrons. The zero-order valence-electron chi connectivity index (χ0n) is 20.0. The lowest BCUT2D eigenvalue weighted by Gasteiger charge is -2.28. The summed E-state index contributed by atoms with van der Waals surface area (Å²) < 4.78 is 5.21. The molecule has 0 amide bonds. The lowest BCUT2D eigenvalue weighted by molar-refractivity contribution is -0.139. The van der Waals surface area contributed by atoms with Gasteiger partial charge in [0.2, 0.25) is 0 Å². The van der Waals surface area contributed by atoms with E-state index >= 15 is 0 Å². The van der Waals surface area contributed by atoms with Gasteiger partial charge in [-0.2, -0.15) is 0 Å². The first-order chi connectivity index (χ1) is 17.6. The Bertz CT molecular complexity index is 1310. The zero-order chi connectivity index (χ0) is 25.4. The minimum absolute atomic E-state index is 0.0774. The van der Waals surface area contributed by atoms with Crippen molar-refractivity contribution in [2.24, 2.45) is 0 Å². The van der Waals surface area contributed by atoms with Crippen LogP contribution < -0.4 is 15.9 Å². The highest BCUT2D eigenvalue weighted by Gasteiger charge is 2.31. The Balaban J connectivity index is 2.07. The highest BCUT2D eigenvalue weighted by Crippen LogP contribution is 2.44. The summed E-state index contributed by atoms with van der Waals surface area (Å²) in [4.78, 5) is 27.1. The Hall–Kier alpha value is -4.14. The van der Waals surface area contributed by atoms with Crippen LogP contribution in [0.1, 0.15) is 12.5 Å². The SMILES string of the molecule is CCOC(=O)/C(C(=O)C=P(c1ccccc1)(c1ccccc1)c1ccccc1)=C(/O)c1ccccc1. The predicted octanol–water partition coefficient (Wildman–Crippen LogP) is 4.88. The number of aliphatic hydroxyl groups excluding tert-OH is 1. The summed E-state index contributed by atoms with van der Waals surface area (Å²) in [6, 6.07) is 38.0. The van der Waals surface area contributed by atoms with Crippen LogP contribution in [0, 0.1) is 0 Å². The highest BCUT2D eigenvalue weighted by atomic mass is 31.2. The fourth-order valence-corrected chi connectivity index (χ4v) is 7.91. The summed E-state index contributed by atoms with van der Waals surface area (Å²) in [5, 5.41) is 14.0. The van der Waals surface area contributed by atoms with E-state index in [0.29, 0.717) is 5.56 Å². The lowest BCUT2D eigenvalue weighted by Crippen LogP contribution is -2.30. The average molecular weight is 495 g/mol. The van der Waals surface area contributed by atoms with Gasteiger partial charge < -0.3 is 9.84 Å². The molecule has 0 spiro atoms. The number of hydrogen-bond acceptors (Lipinski definition) is 4. The van der Waals surface area contributed by atoms with Crippen LogP contribution in [-0.2, 0) is 14.3 Å². The van der Waals surface area contributed by atoms with Gasteiger partial charge in [0.25, 0.3) is 0 Å². The summed E-state index contributed by atoms with van der Waals surface area (Å²) >= 11 is 0. The molecule has 0 fully saturated rings. The Morgan fingerprint density at radius 1 is 0.694 bits per heavy atom. The standard InChI is InChI=1S/C31H27O4P/c1-2-35-31(34)29(30(33)24-15-7-3-8-16-24)28(32)23-36(25-17-9-4-10-18-25,26-19-11-5-12-20-26)27-21-13-6-14-22-27/h3-23,33H,2H2,1H3/b30-29+. The smallest absolute Gasteiger partial charge is 0.345 e. The fraction of sp³-hybridized carbons (Fsp3) is 0.0645. The van der Waals surface area contributed by atoms with Crippen LogP contribution in [0.4, 0.5) is 0 Å². The molecule has 0 saturated heterocycles. The van der Waals surface area contributed by atoms with Gasteiger partial charge in [-0.15, -0.1) is 0 Å². The van der Waals surface area contributed by atoms with Gasteiger partial charge in [0.05, 0.1) is 6.61 Å². The molecule has 0 atom stereocenters. The van der Waals surface area contributed by atoms with E-state index in [-0.39, 0.29) is 12.2 Å². The molecule has 0 aliphatic carbocycles. The first-order valence-electron chi connectivity index (χ1n) is 11.7. The molecule has 0 bridgehead atoms. The van der Waals surface area contributed by atoms with Crippen molar-refractivity contribution in [1.82, 2.24) is 0 Å². The average Bonchev–Trinajstić information content (AvgIpc) is 2.94. The first kappa shape index (κ1) is 25.0. The zero-order valence-corrected chi connectivity index (χ0v) is 20.8. The van der Waals surface area contributed by atoms with Crippen LogP contribution in [0.3, 0.4) is 0 Å². The van der Waals surface area contributed by atoms with E-state index in [0.717, 1.165) is 15.9 Å². The van der Waals surface area contributed by atoms with Crippen molar-refractivity contribution in [3.8, 4) is 0 Å². The van der Waals surface area contributed by atoms with Gasteiger partial charge in [-0.05, 0) is 35.5 Å². The molecule has 4 nitrogen and oxygen atoms in total. The quantitative estimate of drug-likeness (QED) is 0.0947. The van der Waals surface area contributed by atoms with Gasteiger partial charge in [-0.1, -0.05) is 121 Å². The third kappa shape index (κ3) is 5.10. The topological polar surface area (TPSA) is 63.6 Å². The second kappa shape index (κ2) is 11.5. The van der Waals surface area contributed by atoms with Gasteiger partial charge in [0.15, 0.2) is 5.78 Å². The van der Waals surface area contributed by atoms with Crippen molar-refractivity contribution in [2.45, 2.75) is 6.92 Å². The number of rotatable bonds is 8. The van der Waals surface area contributed by atoms with Crippen LogP contribution >= 0.6 is 6.89 Å². The third-order valence-electron chi connectivity index (χ3n) is 5.81. The molecule has 0 saturated carbocycles. The van der Waals surface area contributed by atoms with Crippen LogP contribution in [0.2, 0.25) is 0 Å². The van der Waals surface area contributed by atoms with Gasteiger partial charge in [-0.25, -0.2) is 4.79 Å². The van der Waals surface area contributed by atoms with Crippen molar-refractivity contribution < 1.29 is 19.4 Å². The summed E-state index contributed by atoms with van der Waals surface area (Å²) in [5.41, 5.74) is -0.0133. The number of ketones is 1. The summed E-state index contributed by atoms with van der Waals surface area (Å²) in [6.07, 6.45) is 0. The van der Waals surface area contributed by atoms with Gasteiger partial charge >= 0.3 is 5.97 Å². The minimum Gasteiger partial charge on any atom is -0.506 e. The van der Waals surface area contributed by atoms with E-state index in [2.05, 4.69) is 0 Å². The Morgan fingerprint density at radius 3 is 1.47 bits per heavy atom. The summed E-state index contributed by atoms with van der Waals surface area (Å²) in [5.74, 6) is -0.215. The molecule has 0 aliphatic rings. The van der Waals surface area contributed by atoms with E-state index < -0.39 is 24.4 Å². The van der Waals surface area contributed by atoms with Crippen molar-refractivity contribution in [2.75, 3.05) is 6.61 Å². The molecule has 0 unspecified atom stereocenters. The largest absolute Gasteiger partial charge is 0.506 e. The monoisotopic (exact) mass is 494 g/mol. The Morgan fingerprint density at radius 2 is 1.08 bits per heavy atom. The van der Waals surface area contributed by atoms with Crippen LogP contribution in [0.15, 0.2) is 127 Å². The second-order valence-electron chi connectivity index (χ2n) is 8.03. The van der Waals surface area contributed by atoms with Crippen LogP contribution in [-0.4, -0.2) is 29.3 Å². The maximum absolute atomic E-state index is 14.1. The number of hydrogen-bond donors (Lipinski definition) is 1. The van der Waals surface area contributed by atoms with E-state index in [9.17, 15) is 14.7 Å². The molecule has 0 aliphatic heterocycles. The molecule has 0 radical (unpaired) electrons. The summed E-state index contributed by atoms with van der Waals surface area (Å²) in [6.45, 7) is -0.938. The molecule has 5 heteroatoms. The van der Waals surface area contributed by atoms with Gasteiger partial charge in [0, 0.05) is 5.56 Å². The molecule has 0 aromatic heterocycles. The molecule has 36 heavy (non-hydrogen) atoms. The van der Waals surface area contributed by atoms with Crippen molar-refractivity contribution in [3.63, 3.8) is 0 Å². The van der Waals surface area contributed by atoms with E-state index in [1.165, 1.54) is 0 Å².